The Morgan fingerprint density at radius 3 is 1.95 bits per heavy atom. The molecule has 0 aromatic rings. The molecule has 1 atom stereocenters. The number of piperidine rings is 1. The van der Waals surface area contributed by atoms with Gasteiger partial charge in [-0.1, -0.05) is 34.1 Å². The van der Waals surface area contributed by atoms with Crippen LogP contribution in [0.3, 0.4) is 0 Å². The molecule has 1 aliphatic heterocycles. The van der Waals surface area contributed by atoms with Gasteiger partial charge in [0.15, 0.2) is 0 Å². The second-order valence-electron chi connectivity index (χ2n) is 9.08. The quantitative estimate of drug-likeness (QED) is 0.139. The van der Waals surface area contributed by atoms with E-state index in [-0.39, 0.29) is 18.3 Å². The van der Waals surface area contributed by atoms with Gasteiger partial charge in [-0.3, -0.25) is 9.59 Å². The Bertz CT molecular complexity index is 741. The molecule has 1 fully saturated rings. The Kier molecular flexibility index (Phi) is 16.4. The molecule has 0 radical (unpaired) electrons. The third kappa shape index (κ3) is 15.3. The summed E-state index contributed by atoms with van der Waals surface area (Å²) in [4.78, 5) is 61.9. The van der Waals surface area contributed by atoms with Crippen LogP contribution in [0.5, 0.6) is 0 Å². The van der Waals surface area contributed by atoms with Gasteiger partial charge in [0.05, 0.1) is 18.4 Å². The summed E-state index contributed by atoms with van der Waals surface area (Å²) in [5.41, 5.74) is 0. The Morgan fingerprint density at radius 1 is 0.757 bits per heavy atom. The van der Waals surface area contributed by atoms with Crippen LogP contribution in [0.4, 0.5) is 9.59 Å². The third-order valence-corrected chi connectivity index (χ3v) is 6.07. The first-order valence-electron chi connectivity index (χ1n) is 12.5. The van der Waals surface area contributed by atoms with E-state index in [1.54, 1.807) is 27.7 Å². The fraction of sp³-hybridized carbons (Fsp3) is 0.792. The van der Waals surface area contributed by atoms with Gasteiger partial charge in [0.2, 0.25) is 13.6 Å². The number of likely N-dealkylation sites (tertiary alicyclic amines) is 1. The van der Waals surface area contributed by atoms with Crippen LogP contribution in [0.25, 0.3) is 0 Å². The van der Waals surface area contributed by atoms with Crippen LogP contribution < -0.4 is 5.32 Å². The van der Waals surface area contributed by atoms with Crippen molar-refractivity contribution in [3.8, 4) is 0 Å². The van der Waals surface area contributed by atoms with E-state index in [1.807, 2.05) is 0 Å². The van der Waals surface area contributed by atoms with Gasteiger partial charge in [0, 0.05) is 5.75 Å². The SMILES string of the molecule is CC(C)C(=O)OCOC(=O)N[C@@H](CSC(=O)OCOC(=O)C(C)C)C(=O)OCCCCN1CCCCC1. The number of amides is 1. The van der Waals surface area contributed by atoms with Gasteiger partial charge in [0.25, 0.3) is 0 Å². The first-order valence-corrected chi connectivity index (χ1v) is 13.5. The predicted molar refractivity (Wildman–Crippen MR) is 134 cm³/mol. The van der Waals surface area contributed by atoms with Crippen molar-refractivity contribution >= 4 is 41.1 Å². The van der Waals surface area contributed by atoms with Gasteiger partial charge in [-0.2, -0.15) is 0 Å². The molecule has 1 N–H and O–H groups in total. The zero-order valence-corrected chi connectivity index (χ0v) is 23.0. The number of unbranched alkanes of at least 4 members (excludes halogenated alkanes) is 1. The smallest absolute Gasteiger partial charge is 0.410 e. The number of thioether (sulfide) groups is 1. The number of rotatable bonds is 15. The minimum atomic E-state index is -1.23. The average Bonchev–Trinajstić information content (AvgIpc) is 2.86. The van der Waals surface area contributed by atoms with E-state index in [4.69, 9.17) is 23.7 Å². The topological polar surface area (TPSA) is 147 Å². The molecule has 12 nitrogen and oxygen atoms in total. The van der Waals surface area contributed by atoms with Crippen molar-refractivity contribution in [2.24, 2.45) is 11.8 Å². The van der Waals surface area contributed by atoms with Crippen LogP contribution >= 0.6 is 11.8 Å². The van der Waals surface area contributed by atoms with Crippen molar-refractivity contribution < 1.29 is 47.7 Å². The number of carbonyl (C=O) groups is 5. The first kappa shape index (κ1) is 32.5. The van der Waals surface area contributed by atoms with Crippen molar-refractivity contribution in [1.29, 1.82) is 0 Å². The first-order chi connectivity index (χ1) is 17.6. The molecule has 37 heavy (non-hydrogen) atoms. The summed E-state index contributed by atoms with van der Waals surface area (Å²) < 4.78 is 24.4. The minimum Gasteiger partial charge on any atom is -0.464 e. The van der Waals surface area contributed by atoms with Crippen molar-refractivity contribution in [1.82, 2.24) is 10.2 Å². The van der Waals surface area contributed by atoms with E-state index in [0.29, 0.717) is 18.2 Å². The molecule has 13 heteroatoms. The molecule has 212 valence electrons. The summed E-state index contributed by atoms with van der Waals surface area (Å²) in [5.74, 6) is -2.82. The molecular formula is C24H40N2O10S. The van der Waals surface area contributed by atoms with Crippen LogP contribution in [0.15, 0.2) is 0 Å². The van der Waals surface area contributed by atoms with Gasteiger partial charge < -0.3 is 33.9 Å². The van der Waals surface area contributed by atoms with E-state index in [1.165, 1.54) is 19.3 Å². The minimum absolute atomic E-state index is 0.159. The molecule has 0 aromatic carbocycles. The maximum absolute atomic E-state index is 12.6. The Morgan fingerprint density at radius 2 is 1.35 bits per heavy atom. The summed E-state index contributed by atoms with van der Waals surface area (Å²) >= 11 is 0.594. The van der Waals surface area contributed by atoms with E-state index < -0.39 is 54.8 Å². The lowest BCUT2D eigenvalue weighted by Crippen LogP contribution is -2.44. The van der Waals surface area contributed by atoms with Crippen LogP contribution in [-0.2, 0) is 38.1 Å². The highest BCUT2D eigenvalue weighted by Gasteiger charge is 2.25. The highest BCUT2D eigenvalue weighted by molar-refractivity contribution is 8.13. The van der Waals surface area contributed by atoms with Crippen molar-refractivity contribution in [3.63, 3.8) is 0 Å². The Balaban J connectivity index is 2.48. The van der Waals surface area contributed by atoms with Gasteiger partial charge in [-0.05, 0) is 57.1 Å². The highest BCUT2D eigenvalue weighted by Crippen LogP contribution is 2.11. The fourth-order valence-corrected chi connectivity index (χ4v) is 3.70. The number of hydrogen-bond acceptors (Lipinski definition) is 12. The van der Waals surface area contributed by atoms with E-state index in [9.17, 15) is 24.0 Å². The number of ether oxygens (including phenoxy) is 5. The molecule has 0 unspecified atom stereocenters. The van der Waals surface area contributed by atoms with Crippen molar-refractivity contribution in [2.45, 2.75) is 65.8 Å². The Labute approximate surface area is 222 Å². The molecule has 1 heterocycles. The standard InChI is InChI=1S/C24H40N2O10S/c1-17(2)20(27)33-15-35-23(30)25-19(14-37-24(31)36-16-34-21(28)18(3)4)22(29)32-13-9-8-12-26-10-6-5-7-11-26/h17-19H,5-16H2,1-4H3,(H,25,30)/t19-/m0/s1. The summed E-state index contributed by atoms with van der Waals surface area (Å²) in [6, 6.07) is -1.23. The molecule has 1 amide bonds. The maximum Gasteiger partial charge on any atom is 0.410 e. The summed E-state index contributed by atoms with van der Waals surface area (Å²) in [6.45, 7) is 8.60. The molecule has 0 aliphatic carbocycles. The molecule has 0 saturated carbocycles. The number of nitrogens with one attached hydrogen (secondary N) is 1. The van der Waals surface area contributed by atoms with Crippen molar-refractivity contribution in [3.05, 3.63) is 0 Å². The van der Waals surface area contributed by atoms with Crippen LogP contribution in [-0.4, -0.2) is 85.8 Å². The normalized spacial score (nSPS) is 14.5. The molecular weight excluding hydrogens is 508 g/mol. The molecule has 0 aromatic heterocycles. The third-order valence-electron chi connectivity index (χ3n) is 5.22. The Hall–Kier alpha value is -2.54. The molecule has 1 saturated heterocycles. The van der Waals surface area contributed by atoms with Gasteiger partial charge in [-0.15, -0.1) is 0 Å². The lowest BCUT2D eigenvalue weighted by molar-refractivity contribution is -0.156. The van der Waals surface area contributed by atoms with Gasteiger partial charge in [0.1, 0.15) is 6.04 Å². The van der Waals surface area contributed by atoms with Crippen LogP contribution in [0.2, 0.25) is 0 Å². The average molecular weight is 549 g/mol. The van der Waals surface area contributed by atoms with Crippen LogP contribution in [0.1, 0.15) is 59.8 Å². The zero-order chi connectivity index (χ0) is 27.6. The zero-order valence-electron chi connectivity index (χ0n) is 22.2. The lowest BCUT2D eigenvalue weighted by Gasteiger charge is -2.26. The largest absolute Gasteiger partial charge is 0.464 e. The molecule has 1 aliphatic rings. The second kappa shape index (κ2) is 18.7. The molecule has 0 spiro atoms. The number of alkyl carbamates (subject to hydrolysis) is 1. The maximum atomic E-state index is 12.6. The monoisotopic (exact) mass is 548 g/mol. The summed E-state index contributed by atoms with van der Waals surface area (Å²) in [5, 5.41) is 1.50. The van der Waals surface area contributed by atoms with Crippen molar-refractivity contribution in [2.75, 3.05) is 45.6 Å². The van der Waals surface area contributed by atoms with Gasteiger partial charge >= 0.3 is 29.3 Å². The number of nitrogens with zero attached hydrogens (tertiary/aromatic N) is 1. The lowest BCUT2D eigenvalue weighted by atomic mass is 10.1. The van der Waals surface area contributed by atoms with E-state index in [0.717, 1.165) is 26.1 Å². The fourth-order valence-electron chi connectivity index (χ4n) is 3.05. The summed E-state index contributed by atoms with van der Waals surface area (Å²) in [7, 11) is 0. The molecule has 1 rings (SSSR count). The summed E-state index contributed by atoms with van der Waals surface area (Å²) in [6.07, 6.45) is 4.17. The van der Waals surface area contributed by atoms with Gasteiger partial charge in [-0.25, -0.2) is 14.4 Å². The molecule has 0 bridgehead atoms. The number of carbonyl (C=O) groups excluding carboxylic acids is 5. The number of hydrogen-bond donors (Lipinski definition) is 1. The predicted octanol–water partition coefficient (Wildman–Crippen LogP) is 3.07. The second-order valence-corrected chi connectivity index (χ2v) is 10.0. The van der Waals surface area contributed by atoms with Crippen LogP contribution in [0, 0.1) is 11.8 Å². The highest BCUT2D eigenvalue weighted by atomic mass is 32.2. The van der Waals surface area contributed by atoms with E-state index >= 15 is 0 Å². The number of esters is 3. The van der Waals surface area contributed by atoms with E-state index in [2.05, 4.69) is 10.2 Å².